The fourth-order valence-corrected chi connectivity index (χ4v) is 3.32. The second kappa shape index (κ2) is 7.11. The topological polar surface area (TPSA) is 51.1 Å². The summed E-state index contributed by atoms with van der Waals surface area (Å²) in [5, 5.41) is 4.59. The number of rotatable bonds is 4. The van der Waals surface area contributed by atoms with Crippen LogP contribution in [-0.4, -0.2) is 17.5 Å². The molecule has 0 saturated heterocycles. The molecule has 1 N–H and O–H groups in total. The number of fused-ring (bicyclic) bond motifs is 1. The van der Waals surface area contributed by atoms with E-state index >= 15 is 0 Å². The Hall–Kier alpha value is -2.59. The molecule has 128 valence electrons. The lowest BCUT2D eigenvalue weighted by Crippen LogP contribution is -2.22. The molecule has 1 amide bonds. The molecule has 3 rings (SSSR count). The Balaban J connectivity index is 2.32. The highest BCUT2D eigenvalue weighted by Crippen LogP contribution is 2.30. The third kappa shape index (κ3) is 3.30. The third-order valence-electron chi connectivity index (χ3n) is 4.39. The van der Waals surface area contributed by atoms with Gasteiger partial charge in [0.05, 0.1) is 5.69 Å². The van der Waals surface area contributed by atoms with Crippen LogP contribution < -0.4 is 10.9 Å². The van der Waals surface area contributed by atoms with E-state index < -0.39 is 0 Å². The van der Waals surface area contributed by atoms with Gasteiger partial charge >= 0.3 is 0 Å². The van der Waals surface area contributed by atoms with Gasteiger partial charge in [0, 0.05) is 30.9 Å². The van der Waals surface area contributed by atoms with Gasteiger partial charge in [-0.1, -0.05) is 48.0 Å². The fourth-order valence-electron chi connectivity index (χ4n) is 3.15. The highest BCUT2D eigenvalue weighted by molar-refractivity contribution is 6.31. The SMILES string of the molecule is CNC(=O)CCc1c(-c2ccccc2)n(C)c(=O)c2cc(Cl)ccc12. The average molecular weight is 355 g/mol. The van der Waals surface area contributed by atoms with Crippen LogP contribution >= 0.6 is 11.6 Å². The van der Waals surface area contributed by atoms with Crippen molar-refractivity contribution in [3.05, 3.63) is 69.5 Å². The Morgan fingerprint density at radius 3 is 2.52 bits per heavy atom. The number of nitrogens with zero attached hydrogens (tertiary/aromatic N) is 1. The molecular weight excluding hydrogens is 336 g/mol. The van der Waals surface area contributed by atoms with E-state index in [0.29, 0.717) is 23.3 Å². The van der Waals surface area contributed by atoms with Crippen LogP contribution in [0.5, 0.6) is 0 Å². The first-order valence-electron chi connectivity index (χ1n) is 8.10. The molecular formula is C20H19ClN2O2. The molecule has 0 aliphatic carbocycles. The van der Waals surface area contributed by atoms with E-state index in [2.05, 4.69) is 5.32 Å². The van der Waals surface area contributed by atoms with Gasteiger partial charge in [0.25, 0.3) is 5.56 Å². The van der Waals surface area contributed by atoms with Crippen LogP contribution in [0.15, 0.2) is 53.3 Å². The minimum absolute atomic E-state index is 0.0324. The maximum absolute atomic E-state index is 12.8. The van der Waals surface area contributed by atoms with Crippen molar-refractivity contribution in [1.29, 1.82) is 0 Å². The van der Waals surface area contributed by atoms with Crippen molar-refractivity contribution in [1.82, 2.24) is 9.88 Å². The van der Waals surface area contributed by atoms with Crippen molar-refractivity contribution in [2.45, 2.75) is 12.8 Å². The number of halogens is 1. The lowest BCUT2D eigenvalue weighted by molar-refractivity contribution is -0.120. The molecule has 0 saturated carbocycles. The van der Waals surface area contributed by atoms with E-state index in [1.54, 1.807) is 30.8 Å². The van der Waals surface area contributed by atoms with Gasteiger partial charge in [-0.05, 0) is 35.1 Å². The Morgan fingerprint density at radius 2 is 1.84 bits per heavy atom. The van der Waals surface area contributed by atoms with E-state index in [1.165, 1.54) is 0 Å². The van der Waals surface area contributed by atoms with Crippen molar-refractivity contribution in [2.75, 3.05) is 7.05 Å². The zero-order valence-corrected chi connectivity index (χ0v) is 14.9. The van der Waals surface area contributed by atoms with Crippen LogP contribution in [0.4, 0.5) is 0 Å². The van der Waals surface area contributed by atoms with Gasteiger partial charge < -0.3 is 9.88 Å². The van der Waals surface area contributed by atoms with E-state index in [1.807, 2.05) is 36.4 Å². The molecule has 0 atom stereocenters. The summed E-state index contributed by atoms with van der Waals surface area (Å²) < 4.78 is 1.65. The summed E-state index contributed by atoms with van der Waals surface area (Å²) in [5.74, 6) is -0.0324. The lowest BCUT2D eigenvalue weighted by atomic mass is 9.95. The molecule has 1 heterocycles. The van der Waals surface area contributed by atoms with E-state index in [-0.39, 0.29) is 11.5 Å². The van der Waals surface area contributed by atoms with Gasteiger partial charge in [-0.3, -0.25) is 9.59 Å². The molecule has 1 aromatic heterocycles. The molecule has 0 bridgehead atoms. The second-order valence-corrected chi connectivity index (χ2v) is 6.36. The Kier molecular flexibility index (Phi) is 4.91. The molecule has 4 nitrogen and oxygen atoms in total. The number of aryl methyl sites for hydroxylation is 1. The Labute approximate surface area is 151 Å². The van der Waals surface area contributed by atoms with Crippen LogP contribution in [0.3, 0.4) is 0 Å². The van der Waals surface area contributed by atoms with Crippen molar-refractivity contribution < 1.29 is 4.79 Å². The Morgan fingerprint density at radius 1 is 1.12 bits per heavy atom. The number of aromatic nitrogens is 1. The van der Waals surface area contributed by atoms with Gasteiger partial charge in [-0.15, -0.1) is 0 Å². The molecule has 5 heteroatoms. The summed E-state index contributed by atoms with van der Waals surface area (Å²) >= 11 is 6.09. The first kappa shape index (κ1) is 17.2. The summed E-state index contributed by atoms with van der Waals surface area (Å²) in [6.07, 6.45) is 0.891. The molecule has 0 radical (unpaired) electrons. The number of pyridine rings is 1. The largest absolute Gasteiger partial charge is 0.359 e. The third-order valence-corrected chi connectivity index (χ3v) is 4.63. The molecule has 25 heavy (non-hydrogen) atoms. The van der Waals surface area contributed by atoms with Gasteiger partial charge in [0.1, 0.15) is 0 Å². The van der Waals surface area contributed by atoms with Crippen molar-refractivity contribution in [2.24, 2.45) is 7.05 Å². The number of carbonyl (C=O) groups excluding carboxylic acids is 1. The van der Waals surface area contributed by atoms with Crippen LogP contribution in [0, 0.1) is 0 Å². The normalized spacial score (nSPS) is 10.8. The van der Waals surface area contributed by atoms with E-state index in [9.17, 15) is 9.59 Å². The summed E-state index contributed by atoms with van der Waals surface area (Å²) in [5.41, 5.74) is 2.67. The summed E-state index contributed by atoms with van der Waals surface area (Å²) in [4.78, 5) is 24.6. The molecule has 2 aromatic carbocycles. The molecule has 3 aromatic rings. The van der Waals surface area contributed by atoms with E-state index in [0.717, 1.165) is 22.2 Å². The van der Waals surface area contributed by atoms with Crippen LogP contribution in [0.25, 0.3) is 22.0 Å². The number of amides is 1. The maximum atomic E-state index is 12.8. The van der Waals surface area contributed by atoms with Crippen molar-refractivity contribution in [3.63, 3.8) is 0 Å². The maximum Gasteiger partial charge on any atom is 0.258 e. The highest BCUT2D eigenvalue weighted by Gasteiger charge is 2.17. The van der Waals surface area contributed by atoms with Crippen LogP contribution in [-0.2, 0) is 18.3 Å². The summed E-state index contributed by atoms with van der Waals surface area (Å²) in [6, 6.07) is 15.1. The lowest BCUT2D eigenvalue weighted by Gasteiger charge is -2.17. The molecule has 0 spiro atoms. The first-order valence-corrected chi connectivity index (χ1v) is 8.48. The fraction of sp³-hybridized carbons (Fsp3) is 0.200. The smallest absolute Gasteiger partial charge is 0.258 e. The van der Waals surface area contributed by atoms with Gasteiger partial charge in [-0.2, -0.15) is 0 Å². The predicted octanol–water partition coefficient (Wildman–Crippen LogP) is 3.54. The zero-order chi connectivity index (χ0) is 18.0. The van der Waals surface area contributed by atoms with Crippen molar-refractivity contribution in [3.8, 4) is 11.3 Å². The average Bonchev–Trinajstić information content (AvgIpc) is 2.64. The molecule has 0 fully saturated rings. The van der Waals surface area contributed by atoms with Gasteiger partial charge in [0.15, 0.2) is 0 Å². The van der Waals surface area contributed by atoms with Crippen molar-refractivity contribution >= 4 is 28.3 Å². The number of hydrogen-bond donors (Lipinski definition) is 1. The summed E-state index contributed by atoms with van der Waals surface area (Å²) in [7, 11) is 3.38. The Bertz CT molecular complexity index is 994. The minimum Gasteiger partial charge on any atom is -0.359 e. The quantitative estimate of drug-likeness (QED) is 0.779. The molecule has 0 unspecified atom stereocenters. The van der Waals surface area contributed by atoms with Gasteiger partial charge in [0.2, 0.25) is 5.91 Å². The van der Waals surface area contributed by atoms with E-state index in [4.69, 9.17) is 11.6 Å². The first-order chi connectivity index (χ1) is 12.0. The standard InChI is InChI=1S/C20H19ClN2O2/c1-22-18(24)11-10-16-15-9-8-14(21)12-17(15)20(25)23(2)19(16)13-6-4-3-5-7-13/h3-9,12H,10-11H2,1-2H3,(H,22,24). The van der Waals surface area contributed by atoms with Gasteiger partial charge in [-0.25, -0.2) is 0 Å². The highest BCUT2D eigenvalue weighted by atomic mass is 35.5. The number of hydrogen-bond acceptors (Lipinski definition) is 2. The van der Waals surface area contributed by atoms with Crippen LogP contribution in [0.1, 0.15) is 12.0 Å². The summed E-state index contributed by atoms with van der Waals surface area (Å²) in [6.45, 7) is 0. The molecule has 0 aliphatic rings. The number of nitrogens with one attached hydrogen (secondary N) is 1. The second-order valence-electron chi connectivity index (χ2n) is 5.92. The van der Waals surface area contributed by atoms with Crippen LogP contribution in [0.2, 0.25) is 5.02 Å². The predicted molar refractivity (Wildman–Crippen MR) is 102 cm³/mol. The number of carbonyl (C=O) groups is 1. The zero-order valence-electron chi connectivity index (χ0n) is 14.2. The monoisotopic (exact) mass is 354 g/mol. The number of benzene rings is 2. The minimum atomic E-state index is -0.0972. The molecule has 0 aliphatic heterocycles.